The van der Waals surface area contributed by atoms with Crippen LogP contribution in [0, 0.1) is 0 Å². The number of aliphatic hydroxyl groups is 1. The van der Waals surface area contributed by atoms with E-state index in [1.807, 2.05) is 0 Å². The zero-order valence-electron chi connectivity index (χ0n) is 8.93. The van der Waals surface area contributed by atoms with Crippen LogP contribution in [0.1, 0.15) is 27.6 Å². The average molecular weight is 222 g/mol. The molecule has 0 unspecified atom stereocenters. The first-order chi connectivity index (χ1) is 7.54. The number of nitrogens with two attached hydrogens (primary N) is 1. The quantitative estimate of drug-likeness (QED) is 0.664. The number of carbonyl (C=O) groups excluding carboxylic acids is 2. The lowest BCUT2D eigenvalue weighted by Crippen LogP contribution is -2.34. The van der Waals surface area contributed by atoms with E-state index in [-0.39, 0.29) is 18.6 Å². The van der Waals surface area contributed by atoms with E-state index < -0.39 is 5.91 Å². The van der Waals surface area contributed by atoms with Gasteiger partial charge in [0.05, 0.1) is 6.61 Å². The highest BCUT2D eigenvalue weighted by Gasteiger charge is 2.09. The van der Waals surface area contributed by atoms with Crippen molar-refractivity contribution in [2.45, 2.75) is 13.0 Å². The van der Waals surface area contributed by atoms with Crippen LogP contribution in [0.25, 0.3) is 0 Å². The summed E-state index contributed by atoms with van der Waals surface area (Å²) >= 11 is 0. The van der Waals surface area contributed by atoms with E-state index >= 15 is 0 Å². The molecule has 4 N–H and O–H groups in total. The maximum absolute atomic E-state index is 11.6. The van der Waals surface area contributed by atoms with Gasteiger partial charge < -0.3 is 16.2 Å². The van der Waals surface area contributed by atoms with Gasteiger partial charge in [0.1, 0.15) is 0 Å². The van der Waals surface area contributed by atoms with Gasteiger partial charge in [-0.05, 0) is 31.2 Å². The molecule has 0 aliphatic rings. The Balaban J connectivity index is 2.74. The number of carbonyl (C=O) groups is 2. The summed E-state index contributed by atoms with van der Waals surface area (Å²) in [4.78, 5) is 22.4. The SMILES string of the molecule is C[C@H](CO)NC(=O)c1ccc(C(N)=O)cc1. The van der Waals surface area contributed by atoms with Crippen LogP contribution >= 0.6 is 0 Å². The van der Waals surface area contributed by atoms with E-state index in [2.05, 4.69) is 5.32 Å². The summed E-state index contributed by atoms with van der Waals surface area (Å²) in [6.07, 6.45) is 0. The second-order valence-corrected chi connectivity index (χ2v) is 3.50. The minimum atomic E-state index is -0.532. The van der Waals surface area contributed by atoms with Crippen molar-refractivity contribution in [2.75, 3.05) is 6.61 Å². The molecule has 1 aromatic carbocycles. The van der Waals surface area contributed by atoms with E-state index in [1.165, 1.54) is 24.3 Å². The van der Waals surface area contributed by atoms with E-state index in [9.17, 15) is 9.59 Å². The lowest BCUT2D eigenvalue weighted by atomic mass is 10.1. The molecule has 1 aromatic rings. The van der Waals surface area contributed by atoms with Gasteiger partial charge in [-0.25, -0.2) is 0 Å². The summed E-state index contributed by atoms with van der Waals surface area (Å²) in [6, 6.07) is 5.70. The maximum Gasteiger partial charge on any atom is 0.251 e. The Morgan fingerprint density at radius 2 is 1.81 bits per heavy atom. The predicted molar refractivity (Wildman–Crippen MR) is 59.0 cm³/mol. The summed E-state index contributed by atoms with van der Waals surface area (Å²) in [5.74, 6) is -0.826. The van der Waals surface area contributed by atoms with Crippen LogP contribution in [0.5, 0.6) is 0 Å². The fraction of sp³-hybridized carbons (Fsp3) is 0.273. The van der Waals surface area contributed by atoms with Crippen molar-refractivity contribution in [2.24, 2.45) is 5.73 Å². The Labute approximate surface area is 93.3 Å². The third kappa shape index (κ3) is 3.06. The van der Waals surface area contributed by atoms with Gasteiger partial charge in [-0.2, -0.15) is 0 Å². The number of benzene rings is 1. The highest BCUT2D eigenvalue weighted by molar-refractivity contribution is 5.97. The molecule has 0 heterocycles. The number of rotatable bonds is 4. The summed E-state index contributed by atoms with van der Waals surface area (Å²) < 4.78 is 0. The first-order valence-corrected chi connectivity index (χ1v) is 4.86. The molecule has 0 spiro atoms. The molecule has 0 saturated carbocycles. The van der Waals surface area contributed by atoms with Crippen LogP contribution in [0.2, 0.25) is 0 Å². The van der Waals surface area contributed by atoms with Gasteiger partial charge in [0.2, 0.25) is 5.91 Å². The zero-order chi connectivity index (χ0) is 12.1. The van der Waals surface area contributed by atoms with E-state index in [0.29, 0.717) is 11.1 Å². The average Bonchev–Trinajstić information content (AvgIpc) is 2.28. The molecule has 0 aliphatic heterocycles. The number of nitrogens with one attached hydrogen (secondary N) is 1. The van der Waals surface area contributed by atoms with Gasteiger partial charge >= 0.3 is 0 Å². The molecule has 5 nitrogen and oxygen atoms in total. The molecule has 0 bridgehead atoms. The number of aliphatic hydroxyl groups excluding tert-OH is 1. The summed E-state index contributed by atoms with van der Waals surface area (Å²) in [6.45, 7) is 1.57. The molecule has 0 aromatic heterocycles. The number of amides is 2. The second-order valence-electron chi connectivity index (χ2n) is 3.50. The standard InChI is InChI=1S/C11H14N2O3/c1-7(6-14)13-11(16)9-4-2-8(3-5-9)10(12)15/h2-5,7,14H,6H2,1H3,(H2,12,15)(H,13,16)/t7-/m1/s1. The third-order valence-electron chi connectivity index (χ3n) is 2.08. The Bertz CT molecular complexity index is 387. The largest absolute Gasteiger partial charge is 0.394 e. The normalized spacial score (nSPS) is 11.9. The van der Waals surface area contributed by atoms with Crippen molar-refractivity contribution < 1.29 is 14.7 Å². The van der Waals surface area contributed by atoms with Crippen LogP contribution in [0.4, 0.5) is 0 Å². The lowest BCUT2D eigenvalue weighted by Gasteiger charge is -2.10. The van der Waals surface area contributed by atoms with Gasteiger partial charge in [-0.3, -0.25) is 9.59 Å². The number of primary amides is 1. The molecule has 2 amide bonds. The molecule has 16 heavy (non-hydrogen) atoms. The van der Waals surface area contributed by atoms with Gasteiger partial charge in [0.15, 0.2) is 0 Å². The van der Waals surface area contributed by atoms with E-state index in [0.717, 1.165) is 0 Å². The lowest BCUT2D eigenvalue weighted by molar-refractivity contribution is 0.0920. The Morgan fingerprint density at radius 1 is 1.31 bits per heavy atom. The number of hydrogen-bond acceptors (Lipinski definition) is 3. The molecular formula is C11H14N2O3. The predicted octanol–water partition coefficient (Wildman–Crippen LogP) is -0.104. The van der Waals surface area contributed by atoms with Crippen molar-refractivity contribution >= 4 is 11.8 Å². The molecule has 5 heteroatoms. The minimum Gasteiger partial charge on any atom is -0.394 e. The Kier molecular flexibility index (Phi) is 4.02. The molecule has 86 valence electrons. The maximum atomic E-state index is 11.6. The van der Waals surface area contributed by atoms with Gasteiger partial charge in [-0.1, -0.05) is 0 Å². The fourth-order valence-corrected chi connectivity index (χ4v) is 1.14. The van der Waals surface area contributed by atoms with Crippen LogP contribution in [0.3, 0.4) is 0 Å². The third-order valence-corrected chi connectivity index (χ3v) is 2.08. The summed E-state index contributed by atoms with van der Waals surface area (Å²) in [5, 5.41) is 11.4. The van der Waals surface area contributed by atoms with Crippen LogP contribution < -0.4 is 11.1 Å². The molecule has 0 aliphatic carbocycles. The monoisotopic (exact) mass is 222 g/mol. The molecule has 1 atom stereocenters. The molecule has 1 rings (SSSR count). The first kappa shape index (κ1) is 12.2. The Hall–Kier alpha value is -1.88. The second kappa shape index (κ2) is 5.27. The smallest absolute Gasteiger partial charge is 0.251 e. The van der Waals surface area contributed by atoms with Gasteiger partial charge in [0, 0.05) is 17.2 Å². The van der Waals surface area contributed by atoms with Crippen molar-refractivity contribution in [3.05, 3.63) is 35.4 Å². The molecular weight excluding hydrogens is 208 g/mol. The van der Waals surface area contributed by atoms with Crippen molar-refractivity contribution in [1.82, 2.24) is 5.32 Å². The Morgan fingerprint density at radius 3 is 2.25 bits per heavy atom. The van der Waals surface area contributed by atoms with Gasteiger partial charge in [0.25, 0.3) is 5.91 Å². The fourth-order valence-electron chi connectivity index (χ4n) is 1.14. The van der Waals surface area contributed by atoms with Crippen molar-refractivity contribution in [3.63, 3.8) is 0 Å². The van der Waals surface area contributed by atoms with E-state index in [1.54, 1.807) is 6.92 Å². The number of hydrogen-bond donors (Lipinski definition) is 3. The molecule has 0 saturated heterocycles. The first-order valence-electron chi connectivity index (χ1n) is 4.86. The van der Waals surface area contributed by atoms with Gasteiger partial charge in [-0.15, -0.1) is 0 Å². The highest BCUT2D eigenvalue weighted by atomic mass is 16.3. The van der Waals surface area contributed by atoms with Crippen LogP contribution in [-0.2, 0) is 0 Å². The zero-order valence-corrected chi connectivity index (χ0v) is 8.93. The topological polar surface area (TPSA) is 92.4 Å². The molecule has 0 fully saturated rings. The van der Waals surface area contributed by atoms with Crippen LogP contribution in [-0.4, -0.2) is 29.6 Å². The summed E-state index contributed by atoms with van der Waals surface area (Å²) in [7, 11) is 0. The minimum absolute atomic E-state index is 0.120. The molecule has 0 radical (unpaired) electrons. The highest BCUT2D eigenvalue weighted by Crippen LogP contribution is 2.04. The van der Waals surface area contributed by atoms with Crippen molar-refractivity contribution in [1.29, 1.82) is 0 Å². The van der Waals surface area contributed by atoms with Crippen molar-refractivity contribution in [3.8, 4) is 0 Å². The van der Waals surface area contributed by atoms with Crippen LogP contribution in [0.15, 0.2) is 24.3 Å². The van der Waals surface area contributed by atoms with E-state index in [4.69, 9.17) is 10.8 Å². The summed E-state index contributed by atoms with van der Waals surface area (Å²) in [5.41, 5.74) is 5.84.